The maximum atomic E-state index is 13.3. The third-order valence-corrected chi connectivity index (χ3v) is 8.52. The first kappa shape index (κ1) is 46.4. The lowest BCUT2D eigenvalue weighted by atomic mass is 10.1. The van der Waals surface area contributed by atoms with Crippen molar-refractivity contribution in [1.82, 2.24) is 14.7 Å². The molecular formula is C38H77N3O5. The van der Waals surface area contributed by atoms with Crippen LogP contribution in [0.5, 0.6) is 0 Å². The van der Waals surface area contributed by atoms with Crippen LogP contribution in [0, 0.1) is 0 Å². The van der Waals surface area contributed by atoms with Crippen molar-refractivity contribution >= 4 is 18.3 Å². The monoisotopic (exact) mass is 656 g/mol. The van der Waals surface area contributed by atoms with Gasteiger partial charge in [-0.25, -0.2) is 0 Å². The van der Waals surface area contributed by atoms with E-state index in [-0.39, 0.29) is 5.97 Å². The van der Waals surface area contributed by atoms with Crippen molar-refractivity contribution in [2.75, 3.05) is 66.6 Å². The Morgan fingerprint density at radius 2 is 0.891 bits per heavy atom. The van der Waals surface area contributed by atoms with Gasteiger partial charge in [0.2, 0.25) is 5.91 Å². The van der Waals surface area contributed by atoms with Crippen LogP contribution in [0.25, 0.3) is 0 Å². The van der Waals surface area contributed by atoms with Crippen molar-refractivity contribution in [2.45, 2.75) is 163 Å². The Labute approximate surface area is 285 Å². The van der Waals surface area contributed by atoms with E-state index < -0.39 is 0 Å². The molecule has 0 bridgehead atoms. The molecule has 0 atom stereocenters. The van der Waals surface area contributed by atoms with Crippen molar-refractivity contribution in [3.63, 3.8) is 0 Å². The predicted molar refractivity (Wildman–Crippen MR) is 194 cm³/mol. The Balaban J connectivity index is 0. The van der Waals surface area contributed by atoms with Gasteiger partial charge < -0.3 is 19.3 Å². The van der Waals surface area contributed by atoms with E-state index in [1.165, 1.54) is 111 Å². The van der Waals surface area contributed by atoms with Crippen molar-refractivity contribution in [3.05, 3.63) is 0 Å². The second kappa shape index (κ2) is 37.8. The average molecular weight is 656 g/mol. The zero-order valence-electron chi connectivity index (χ0n) is 31.5. The lowest BCUT2D eigenvalue weighted by Gasteiger charge is -2.30. The zero-order chi connectivity index (χ0) is 34.5. The Hall–Kier alpha value is -1.67. The molecule has 0 unspecified atom stereocenters. The summed E-state index contributed by atoms with van der Waals surface area (Å²) < 4.78 is 8.62. The molecule has 0 aromatic carbocycles. The lowest BCUT2D eigenvalue weighted by molar-refractivity contribution is -0.140. The van der Waals surface area contributed by atoms with Gasteiger partial charge in [0.1, 0.15) is 0 Å². The molecule has 0 fully saturated rings. The Morgan fingerprint density at radius 3 is 1.30 bits per heavy atom. The molecule has 1 amide bonds. The molecule has 8 heteroatoms. The molecule has 46 heavy (non-hydrogen) atoms. The Morgan fingerprint density at radius 1 is 0.500 bits per heavy atom. The summed E-state index contributed by atoms with van der Waals surface area (Å²) in [6.07, 6.45) is 25.5. The van der Waals surface area contributed by atoms with Crippen LogP contribution in [0.4, 0.5) is 0 Å². The van der Waals surface area contributed by atoms with Gasteiger partial charge in [-0.15, -0.1) is 0 Å². The number of hydrogen-bond donors (Lipinski definition) is 0. The van der Waals surface area contributed by atoms with Crippen molar-refractivity contribution in [3.8, 4) is 0 Å². The van der Waals surface area contributed by atoms with Crippen LogP contribution >= 0.6 is 0 Å². The van der Waals surface area contributed by atoms with E-state index in [4.69, 9.17) is 9.53 Å². The molecule has 0 aliphatic carbocycles. The first-order valence-corrected chi connectivity index (χ1v) is 19.2. The number of rotatable bonds is 33. The maximum absolute atomic E-state index is 13.3. The summed E-state index contributed by atoms with van der Waals surface area (Å²) in [5, 5.41) is 0. The lowest BCUT2D eigenvalue weighted by Crippen LogP contribution is -2.44. The molecule has 0 N–H and O–H groups in total. The van der Waals surface area contributed by atoms with E-state index >= 15 is 0 Å². The molecule has 8 nitrogen and oxygen atoms in total. The topological polar surface area (TPSA) is 79.4 Å². The highest BCUT2D eigenvalue weighted by atomic mass is 16.5. The second-order valence-corrected chi connectivity index (χ2v) is 12.8. The van der Waals surface area contributed by atoms with Crippen LogP contribution in [0.1, 0.15) is 163 Å². The molecule has 274 valence electrons. The van der Waals surface area contributed by atoms with Gasteiger partial charge in [-0.2, -0.15) is 0 Å². The van der Waals surface area contributed by atoms with E-state index in [0.717, 1.165) is 77.7 Å². The molecule has 0 radical (unpaired) electrons. The molecule has 0 saturated heterocycles. The fourth-order valence-corrected chi connectivity index (χ4v) is 5.73. The summed E-state index contributed by atoms with van der Waals surface area (Å²) in [5.41, 5.74) is 0. The minimum atomic E-state index is -0.106. The second-order valence-electron chi connectivity index (χ2n) is 12.8. The molecular weight excluding hydrogens is 578 g/mol. The third kappa shape index (κ3) is 32.3. The number of esters is 1. The number of unbranched alkanes of at least 4 members (excludes halogenated alkanes) is 15. The first-order chi connectivity index (χ1) is 22.4. The molecule has 0 saturated carbocycles. The van der Waals surface area contributed by atoms with Crippen LogP contribution in [0.2, 0.25) is 0 Å². The summed E-state index contributed by atoms with van der Waals surface area (Å²) in [6.45, 7) is 17.0. The molecule has 0 rings (SSSR count). The Bertz CT molecular complexity index is 658. The van der Waals surface area contributed by atoms with E-state index in [0.29, 0.717) is 25.3 Å². The standard InChI is InChI=1S/C36H73N3O3.C2H4O2/c1-6-10-12-14-16-20-24-30-37(29-23-19-15-13-11-7-2)32-33-38(34-35(40)39(27-8-3)28-9-4)31-25-21-17-18-22-26-36(41)42-5;1-4-2-3/h6-34H2,1-5H3;2H,1H3. The zero-order valence-corrected chi connectivity index (χ0v) is 31.5. The van der Waals surface area contributed by atoms with Gasteiger partial charge in [-0.3, -0.25) is 19.3 Å². The van der Waals surface area contributed by atoms with E-state index in [2.05, 4.69) is 47.1 Å². The van der Waals surface area contributed by atoms with Crippen molar-refractivity contribution < 1.29 is 23.9 Å². The number of carbonyl (C=O) groups excluding carboxylic acids is 3. The van der Waals surface area contributed by atoms with E-state index in [1.807, 2.05) is 0 Å². The number of hydrogen-bond acceptors (Lipinski definition) is 7. The van der Waals surface area contributed by atoms with Gasteiger partial charge >= 0.3 is 5.97 Å². The number of methoxy groups -OCH3 is 2. The quantitative estimate of drug-likeness (QED) is 0.0398. The Kier molecular flexibility index (Phi) is 38.2. The normalized spacial score (nSPS) is 11.0. The van der Waals surface area contributed by atoms with Crippen LogP contribution in [-0.2, 0) is 23.9 Å². The summed E-state index contributed by atoms with van der Waals surface area (Å²) >= 11 is 0. The summed E-state index contributed by atoms with van der Waals surface area (Å²) in [6, 6.07) is 0. The molecule has 0 aromatic rings. The molecule has 0 aliphatic heterocycles. The number of amides is 1. The van der Waals surface area contributed by atoms with Crippen LogP contribution in [0.15, 0.2) is 0 Å². The minimum absolute atomic E-state index is 0.106. The van der Waals surface area contributed by atoms with Gasteiger partial charge in [0, 0.05) is 32.6 Å². The average Bonchev–Trinajstić information content (AvgIpc) is 3.06. The summed E-state index contributed by atoms with van der Waals surface area (Å²) in [5.74, 6) is 0.191. The summed E-state index contributed by atoms with van der Waals surface area (Å²) in [4.78, 5) is 40.8. The fraction of sp³-hybridized carbons (Fsp3) is 0.921. The number of carbonyl (C=O) groups is 3. The highest BCUT2D eigenvalue weighted by molar-refractivity contribution is 5.78. The van der Waals surface area contributed by atoms with Crippen molar-refractivity contribution in [2.24, 2.45) is 0 Å². The fourth-order valence-electron chi connectivity index (χ4n) is 5.73. The van der Waals surface area contributed by atoms with Crippen LogP contribution < -0.4 is 0 Å². The molecule has 0 spiro atoms. The van der Waals surface area contributed by atoms with Gasteiger partial charge in [0.05, 0.1) is 20.8 Å². The van der Waals surface area contributed by atoms with Crippen LogP contribution in [0.3, 0.4) is 0 Å². The highest BCUT2D eigenvalue weighted by Crippen LogP contribution is 2.11. The van der Waals surface area contributed by atoms with E-state index in [9.17, 15) is 9.59 Å². The SMILES string of the molecule is CCCCCCCCCN(CCCCCCCC)CCN(CCCCCCCC(=O)OC)CC(=O)N(CCC)CCC.COC=O. The van der Waals surface area contributed by atoms with Gasteiger partial charge in [0.15, 0.2) is 0 Å². The largest absolute Gasteiger partial charge is 0.471 e. The third-order valence-electron chi connectivity index (χ3n) is 8.52. The smallest absolute Gasteiger partial charge is 0.305 e. The van der Waals surface area contributed by atoms with Crippen LogP contribution in [-0.4, -0.2) is 99.6 Å². The van der Waals surface area contributed by atoms with Crippen molar-refractivity contribution in [1.29, 1.82) is 0 Å². The molecule has 0 aromatic heterocycles. The summed E-state index contributed by atoms with van der Waals surface area (Å²) in [7, 11) is 2.77. The van der Waals surface area contributed by atoms with Gasteiger partial charge in [-0.05, 0) is 58.2 Å². The van der Waals surface area contributed by atoms with E-state index in [1.54, 1.807) is 0 Å². The minimum Gasteiger partial charge on any atom is -0.471 e. The van der Waals surface area contributed by atoms with Gasteiger partial charge in [0.25, 0.3) is 6.47 Å². The van der Waals surface area contributed by atoms with Gasteiger partial charge in [-0.1, -0.05) is 118 Å². The number of ether oxygens (including phenoxy) is 2. The number of nitrogens with zero attached hydrogens (tertiary/aromatic N) is 3. The maximum Gasteiger partial charge on any atom is 0.305 e. The predicted octanol–water partition coefficient (Wildman–Crippen LogP) is 8.65. The molecule has 0 heterocycles. The first-order valence-electron chi connectivity index (χ1n) is 19.2. The highest BCUT2D eigenvalue weighted by Gasteiger charge is 2.17. The molecule has 0 aliphatic rings.